The molecule has 16 heavy (non-hydrogen) atoms. The Kier molecular flexibility index (Phi) is 5.31. The SMILES string of the molecule is CCSCC(C)NC(=O)c1n[nH]c(CC)n1. The highest BCUT2D eigenvalue weighted by molar-refractivity contribution is 7.99. The number of thioether (sulfide) groups is 1. The lowest BCUT2D eigenvalue weighted by Crippen LogP contribution is -2.35. The number of amides is 1. The van der Waals surface area contributed by atoms with Crippen molar-refractivity contribution in [3.63, 3.8) is 0 Å². The fourth-order valence-electron chi connectivity index (χ4n) is 1.18. The summed E-state index contributed by atoms with van der Waals surface area (Å²) in [5.41, 5.74) is 0. The number of nitrogens with one attached hydrogen (secondary N) is 2. The number of carbonyl (C=O) groups is 1. The third kappa shape index (κ3) is 3.84. The molecule has 0 aliphatic rings. The van der Waals surface area contributed by atoms with Gasteiger partial charge in [0.15, 0.2) is 0 Å². The van der Waals surface area contributed by atoms with E-state index in [0.717, 1.165) is 23.8 Å². The van der Waals surface area contributed by atoms with Gasteiger partial charge in [0.2, 0.25) is 5.82 Å². The average molecular weight is 242 g/mol. The maximum atomic E-state index is 11.7. The molecule has 6 heteroatoms. The van der Waals surface area contributed by atoms with E-state index < -0.39 is 0 Å². The van der Waals surface area contributed by atoms with Gasteiger partial charge in [-0.2, -0.15) is 11.8 Å². The normalized spacial score (nSPS) is 12.4. The average Bonchev–Trinajstić information content (AvgIpc) is 2.74. The molecule has 0 spiro atoms. The number of nitrogens with zero attached hydrogens (tertiary/aromatic N) is 2. The first-order valence-electron chi connectivity index (χ1n) is 5.47. The molecule has 0 saturated carbocycles. The van der Waals surface area contributed by atoms with E-state index in [9.17, 15) is 4.79 Å². The van der Waals surface area contributed by atoms with Crippen molar-refractivity contribution >= 4 is 17.7 Å². The molecule has 2 N–H and O–H groups in total. The van der Waals surface area contributed by atoms with Crippen LogP contribution in [0.15, 0.2) is 0 Å². The summed E-state index contributed by atoms with van der Waals surface area (Å²) in [6.45, 7) is 6.04. The van der Waals surface area contributed by atoms with Gasteiger partial charge in [-0.15, -0.1) is 5.10 Å². The van der Waals surface area contributed by atoms with Crippen LogP contribution in [0.4, 0.5) is 0 Å². The first-order chi connectivity index (χ1) is 7.67. The third-order valence-electron chi connectivity index (χ3n) is 2.02. The monoisotopic (exact) mass is 242 g/mol. The van der Waals surface area contributed by atoms with Crippen LogP contribution in [-0.2, 0) is 6.42 Å². The summed E-state index contributed by atoms with van der Waals surface area (Å²) in [5, 5.41) is 9.45. The van der Waals surface area contributed by atoms with Gasteiger partial charge in [-0.3, -0.25) is 9.89 Å². The zero-order valence-electron chi connectivity index (χ0n) is 9.91. The Morgan fingerprint density at radius 3 is 2.88 bits per heavy atom. The second-order valence-electron chi connectivity index (χ2n) is 3.49. The predicted octanol–water partition coefficient (Wildman–Crippen LogP) is 1.24. The van der Waals surface area contributed by atoms with Crippen molar-refractivity contribution in [2.45, 2.75) is 33.2 Å². The van der Waals surface area contributed by atoms with E-state index in [1.165, 1.54) is 0 Å². The number of rotatable bonds is 6. The van der Waals surface area contributed by atoms with Crippen LogP contribution in [0.25, 0.3) is 0 Å². The first kappa shape index (κ1) is 13.0. The topological polar surface area (TPSA) is 70.7 Å². The zero-order chi connectivity index (χ0) is 12.0. The number of carbonyl (C=O) groups excluding carboxylic acids is 1. The number of hydrogen-bond acceptors (Lipinski definition) is 4. The molecule has 1 aromatic rings. The lowest BCUT2D eigenvalue weighted by molar-refractivity contribution is 0.0933. The maximum absolute atomic E-state index is 11.7. The quantitative estimate of drug-likeness (QED) is 0.787. The second-order valence-corrected chi connectivity index (χ2v) is 4.81. The van der Waals surface area contributed by atoms with Gasteiger partial charge in [0, 0.05) is 18.2 Å². The van der Waals surface area contributed by atoms with Gasteiger partial charge in [-0.25, -0.2) is 4.98 Å². The number of H-pyrrole nitrogens is 1. The van der Waals surface area contributed by atoms with E-state index in [1.54, 1.807) is 11.8 Å². The molecule has 0 radical (unpaired) electrons. The molecule has 1 unspecified atom stereocenters. The molecule has 1 atom stereocenters. The third-order valence-corrected chi connectivity index (χ3v) is 3.16. The van der Waals surface area contributed by atoms with Gasteiger partial charge in [-0.05, 0) is 12.7 Å². The smallest absolute Gasteiger partial charge is 0.291 e. The summed E-state index contributed by atoms with van der Waals surface area (Å²) < 4.78 is 0. The van der Waals surface area contributed by atoms with Crippen molar-refractivity contribution in [2.75, 3.05) is 11.5 Å². The number of aromatic nitrogens is 3. The largest absolute Gasteiger partial charge is 0.346 e. The summed E-state index contributed by atoms with van der Waals surface area (Å²) >= 11 is 1.80. The molecule has 1 amide bonds. The minimum Gasteiger partial charge on any atom is -0.346 e. The molecule has 1 rings (SSSR count). The van der Waals surface area contributed by atoms with Crippen LogP contribution >= 0.6 is 11.8 Å². The van der Waals surface area contributed by atoms with Crippen molar-refractivity contribution in [1.82, 2.24) is 20.5 Å². The molecule has 90 valence electrons. The van der Waals surface area contributed by atoms with Crippen LogP contribution in [0.1, 0.15) is 37.2 Å². The van der Waals surface area contributed by atoms with E-state index in [-0.39, 0.29) is 17.8 Å². The van der Waals surface area contributed by atoms with Gasteiger partial charge < -0.3 is 5.32 Å². The van der Waals surface area contributed by atoms with E-state index in [0.29, 0.717) is 0 Å². The van der Waals surface area contributed by atoms with Crippen molar-refractivity contribution < 1.29 is 4.79 Å². The summed E-state index contributed by atoms with van der Waals surface area (Å²) in [6.07, 6.45) is 0.752. The van der Waals surface area contributed by atoms with Crippen molar-refractivity contribution in [3.05, 3.63) is 11.6 Å². The molecule has 0 bridgehead atoms. The lowest BCUT2D eigenvalue weighted by atomic mass is 10.4. The van der Waals surface area contributed by atoms with Gasteiger partial charge in [0.25, 0.3) is 5.91 Å². The van der Waals surface area contributed by atoms with Crippen LogP contribution < -0.4 is 5.32 Å². The summed E-state index contributed by atoms with van der Waals surface area (Å²) in [7, 11) is 0. The number of aryl methyl sites for hydroxylation is 1. The van der Waals surface area contributed by atoms with Crippen LogP contribution in [0.5, 0.6) is 0 Å². The van der Waals surface area contributed by atoms with Gasteiger partial charge in [0.05, 0.1) is 0 Å². The summed E-state index contributed by atoms with van der Waals surface area (Å²) in [6, 6.07) is 0.140. The molecule has 5 nitrogen and oxygen atoms in total. The number of aromatic amines is 1. The molecule has 0 fully saturated rings. The standard InChI is InChI=1S/C10H18N4OS/c1-4-8-12-9(14-13-8)10(15)11-7(3)6-16-5-2/h7H,4-6H2,1-3H3,(H,11,15)(H,12,13,14). The Labute approximate surface area is 99.8 Å². The highest BCUT2D eigenvalue weighted by Crippen LogP contribution is 2.02. The Hall–Kier alpha value is -1.04. The van der Waals surface area contributed by atoms with Crippen LogP contribution in [-0.4, -0.2) is 38.6 Å². The molecular weight excluding hydrogens is 224 g/mol. The van der Waals surface area contributed by atoms with E-state index in [2.05, 4.69) is 27.4 Å². The summed E-state index contributed by atoms with van der Waals surface area (Å²) in [5.74, 6) is 2.72. The highest BCUT2D eigenvalue weighted by atomic mass is 32.2. The van der Waals surface area contributed by atoms with E-state index >= 15 is 0 Å². The minimum absolute atomic E-state index is 0.140. The van der Waals surface area contributed by atoms with Gasteiger partial charge >= 0.3 is 0 Å². The number of hydrogen-bond donors (Lipinski definition) is 2. The van der Waals surface area contributed by atoms with Crippen molar-refractivity contribution in [1.29, 1.82) is 0 Å². The molecule has 1 heterocycles. The Morgan fingerprint density at radius 1 is 1.56 bits per heavy atom. The molecule has 0 saturated heterocycles. The van der Waals surface area contributed by atoms with Crippen LogP contribution in [0.3, 0.4) is 0 Å². The zero-order valence-corrected chi connectivity index (χ0v) is 10.7. The highest BCUT2D eigenvalue weighted by Gasteiger charge is 2.14. The predicted molar refractivity (Wildman–Crippen MR) is 65.7 cm³/mol. The first-order valence-corrected chi connectivity index (χ1v) is 6.62. The van der Waals surface area contributed by atoms with Crippen LogP contribution in [0, 0.1) is 0 Å². The molecule has 0 aliphatic carbocycles. The lowest BCUT2D eigenvalue weighted by Gasteiger charge is -2.10. The molecular formula is C10H18N4OS. The fourth-order valence-corrected chi connectivity index (χ4v) is 1.85. The Balaban J connectivity index is 2.45. The Morgan fingerprint density at radius 2 is 2.31 bits per heavy atom. The fraction of sp³-hybridized carbons (Fsp3) is 0.700. The Bertz CT molecular complexity index is 339. The van der Waals surface area contributed by atoms with E-state index in [1.807, 2.05) is 13.8 Å². The van der Waals surface area contributed by atoms with Gasteiger partial charge in [0.1, 0.15) is 5.82 Å². The second kappa shape index (κ2) is 6.52. The van der Waals surface area contributed by atoms with Crippen LogP contribution in [0.2, 0.25) is 0 Å². The molecule has 1 aromatic heterocycles. The molecule has 0 aromatic carbocycles. The molecule has 0 aliphatic heterocycles. The minimum atomic E-state index is -0.208. The maximum Gasteiger partial charge on any atom is 0.291 e. The van der Waals surface area contributed by atoms with E-state index in [4.69, 9.17) is 0 Å². The summed E-state index contributed by atoms with van der Waals surface area (Å²) in [4.78, 5) is 15.8. The van der Waals surface area contributed by atoms with Gasteiger partial charge in [-0.1, -0.05) is 13.8 Å². The van der Waals surface area contributed by atoms with Crippen molar-refractivity contribution in [3.8, 4) is 0 Å². The van der Waals surface area contributed by atoms with Crippen molar-refractivity contribution in [2.24, 2.45) is 0 Å².